The average molecular weight is 266 g/mol. The highest BCUT2D eigenvalue weighted by molar-refractivity contribution is 4.85. The van der Waals surface area contributed by atoms with Crippen molar-refractivity contribution in [1.82, 2.24) is 20.1 Å². The molecule has 4 heteroatoms. The van der Waals surface area contributed by atoms with E-state index in [2.05, 4.69) is 47.8 Å². The first-order chi connectivity index (χ1) is 9.17. The average Bonchev–Trinajstić information content (AvgIpc) is 2.80. The summed E-state index contributed by atoms with van der Waals surface area (Å²) >= 11 is 0. The minimum Gasteiger partial charge on any atom is -0.314 e. The van der Waals surface area contributed by atoms with Gasteiger partial charge in [-0.3, -0.25) is 0 Å². The summed E-state index contributed by atoms with van der Waals surface area (Å²) in [5, 5.41) is 7.92. The van der Waals surface area contributed by atoms with Crippen molar-refractivity contribution in [2.45, 2.75) is 72.4 Å². The van der Waals surface area contributed by atoms with Gasteiger partial charge in [0, 0.05) is 19.0 Å². The highest BCUT2D eigenvalue weighted by Crippen LogP contribution is 2.08. The van der Waals surface area contributed by atoms with E-state index in [-0.39, 0.29) is 0 Å². The van der Waals surface area contributed by atoms with E-state index in [1.807, 2.05) is 0 Å². The van der Waals surface area contributed by atoms with Crippen LogP contribution in [0, 0.1) is 5.92 Å². The lowest BCUT2D eigenvalue weighted by molar-refractivity contribution is 0.437. The topological polar surface area (TPSA) is 42.7 Å². The Morgan fingerprint density at radius 1 is 1.32 bits per heavy atom. The van der Waals surface area contributed by atoms with Crippen LogP contribution in [-0.4, -0.2) is 27.4 Å². The minimum atomic E-state index is 0.620. The maximum atomic E-state index is 4.39. The molecule has 0 fully saturated rings. The Morgan fingerprint density at radius 3 is 2.74 bits per heavy atom. The molecule has 0 aliphatic heterocycles. The second-order valence-corrected chi connectivity index (χ2v) is 5.70. The third-order valence-corrected chi connectivity index (χ3v) is 3.36. The Morgan fingerprint density at radius 2 is 2.11 bits per heavy atom. The van der Waals surface area contributed by atoms with Crippen LogP contribution < -0.4 is 5.32 Å². The van der Waals surface area contributed by atoms with Crippen molar-refractivity contribution in [3.05, 3.63) is 12.2 Å². The van der Waals surface area contributed by atoms with Crippen LogP contribution in [0.15, 0.2) is 6.33 Å². The van der Waals surface area contributed by atoms with Gasteiger partial charge in [0.2, 0.25) is 0 Å². The second-order valence-electron chi connectivity index (χ2n) is 5.70. The summed E-state index contributed by atoms with van der Waals surface area (Å²) in [5.41, 5.74) is 0. The summed E-state index contributed by atoms with van der Waals surface area (Å²) in [4.78, 5) is 4.39. The van der Waals surface area contributed by atoms with E-state index in [1.54, 1.807) is 6.33 Å². The summed E-state index contributed by atoms with van der Waals surface area (Å²) in [6, 6.07) is 0.654. The van der Waals surface area contributed by atoms with Crippen LogP contribution in [0.3, 0.4) is 0 Å². The first-order valence-corrected chi connectivity index (χ1v) is 7.77. The third-order valence-electron chi connectivity index (χ3n) is 3.36. The predicted octanol–water partition coefficient (Wildman–Crippen LogP) is 3.04. The number of nitrogens with one attached hydrogen (secondary N) is 1. The molecule has 0 saturated heterocycles. The van der Waals surface area contributed by atoms with E-state index >= 15 is 0 Å². The zero-order valence-corrected chi connectivity index (χ0v) is 13.0. The van der Waals surface area contributed by atoms with Gasteiger partial charge in [-0.2, -0.15) is 5.10 Å². The van der Waals surface area contributed by atoms with Crippen LogP contribution >= 0.6 is 0 Å². The molecule has 19 heavy (non-hydrogen) atoms. The molecule has 0 aliphatic carbocycles. The molecule has 0 bridgehead atoms. The van der Waals surface area contributed by atoms with Gasteiger partial charge < -0.3 is 5.32 Å². The first kappa shape index (κ1) is 16.2. The van der Waals surface area contributed by atoms with E-state index in [9.17, 15) is 0 Å². The second kappa shape index (κ2) is 9.08. The minimum absolute atomic E-state index is 0.620. The van der Waals surface area contributed by atoms with Gasteiger partial charge in [-0.1, -0.05) is 27.7 Å². The van der Waals surface area contributed by atoms with Gasteiger partial charge >= 0.3 is 0 Å². The summed E-state index contributed by atoms with van der Waals surface area (Å²) in [7, 11) is 0. The van der Waals surface area contributed by atoms with E-state index in [0.29, 0.717) is 12.0 Å². The SMILES string of the molecule is CCCNC(CC)CCCc1ncnn1CC(C)C. The lowest BCUT2D eigenvalue weighted by Gasteiger charge is -2.16. The molecule has 1 heterocycles. The fraction of sp³-hybridized carbons (Fsp3) is 0.867. The summed E-state index contributed by atoms with van der Waals surface area (Å²) in [5.74, 6) is 1.76. The summed E-state index contributed by atoms with van der Waals surface area (Å²) in [6.45, 7) is 11.0. The highest BCUT2D eigenvalue weighted by Gasteiger charge is 2.08. The van der Waals surface area contributed by atoms with E-state index in [4.69, 9.17) is 0 Å². The molecule has 0 aliphatic rings. The molecule has 1 aromatic heterocycles. The molecular weight excluding hydrogens is 236 g/mol. The number of nitrogens with zero attached hydrogens (tertiary/aromatic N) is 3. The molecule has 1 atom stereocenters. The normalized spacial score (nSPS) is 13.1. The monoisotopic (exact) mass is 266 g/mol. The molecule has 0 radical (unpaired) electrons. The van der Waals surface area contributed by atoms with Gasteiger partial charge in [0.25, 0.3) is 0 Å². The third kappa shape index (κ3) is 6.19. The van der Waals surface area contributed by atoms with Crippen LogP contribution in [0.4, 0.5) is 0 Å². The Balaban J connectivity index is 2.33. The maximum Gasteiger partial charge on any atom is 0.138 e. The zero-order valence-electron chi connectivity index (χ0n) is 13.0. The van der Waals surface area contributed by atoms with Gasteiger partial charge in [-0.25, -0.2) is 9.67 Å². The van der Waals surface area contributed by atoms with Crippen molar-refractivity contribution in [3.63, 3.8) is 0 Å². The molecule has 1 rings (SSSR count). The molecule has 0 spiro atoms. The van der Waals surface area contributed by atoms with Crippen molar-refractivity contribution in [1.29, 1.82) is 0 Å². The quantitative estimate of drug-likeness (QED) is 0.708. The Hall–Kier alpha value is -0.900. The Bertz CT molecular complexity index is 333. The van der Waals surface area contributed by atoms with Crippen molar-refractivity contribution in [2.24, 2.45) is 5.92 Å². The molecule has 0 aromatic carbocycles. The predicted molar refractivity (Wildman–Crippen MR) is 80.2 cm³/mol. The van der Waals surface area contributed by atoms with Crippen LogP contribution in [0.25, 0.3) is 0 Å². The van der Waals surface area contributed by atoms with Gasteiger partial charge in [0.1, 0.15) is 12.2 Å². The summed E-state index contributed by atoms with van der Waals surface area (Å²) in [6.07, 6.45) is 7.55. The van der Waals surface area contributed by atoms with Crippen LogP contribution in [0.5, 0.6) is 0 Å². The smallest absolute Gasteiger partial charge is 0.138 e. The number of aromatic nitrogens is 3. The van der Waals surface area contributed by atoms with Crippen LogP contribution in [0.2, 0.25) is 0 Å². The van der Waals surface area contributed by atoms with Crippen molar-refractivity contribution >= 4 is 0 Å². The number of aryl methyl sites for hydroxylation is 1. The molecule has 1 N–H and O–H groups in total. The standard InChI is InChI=1S/C15H30N4/c1-5-10-16-14(6-2)8-7-9-15-17-12-18-19(15)11-13(3)4/h12-14,16H,5-11H2,1-4H3. The Kier molecular flexibility index (Phi) is 7.72. The zero-order chi connectivity index (χ0) is 14.1. The summed E-state index contributed by atoms with van der Waals surface area (Å²) < 4.78 is 2.06. The van der Waals surface area contributed by atoms with Crippen LogP contribution in [-0.2, 0) is 13.0 Å². The molecule has 110 valence electrons. The molecular formula is C15H30N4. The van der Waals surface area contributed by atoms with Gasteiger partial charge in [-0.15, -0.1) is 0 Å². The lowest BCUT2D eigenvalue weighted by Crippen LogP contribution is -2.29. The van der Waals surface area contributed by atoms with Crippen molar-refractivity contribution in [2.75, 3.05) is 6.54 Å². The van der Waals surface area contributed by atoms with Gasteiger partial charge in [0.15, 0.2) is 0 Å². The van der Waals surface area contributed by atoms with Crippen LogP contribution in [0.1, 0.15) is 59.2 Å². The largest absolute Gasteiger partial charge is 0.314 e. The lowest BCUT2D eigenvalue weighted by atomic mass is 10.1. The molecule has 4 nitrogen and oxygen atoms in total. The fourth-order valence-corrected chi connectivity index (χ4v) is 2.29. The van der Waals surface area contributed by atoms with E-state index < -0.39 is 0 Å². The van der Waals surface area contributed by atoms with Crippen molar-refractivity contribution in [3.8, 4) is 0 Å². The molecule has 0 saturated carbocycles. The van der Waals surface area contributed by atoms with Gasteiger partial charge in [0.05, 0.1) is 0 Å². The van der Waals surface area contributed by atoms with E-state index in [0.717, 1.165) is 25.3 Å². The molecule has 0 amide bonds. The molecule has 1 aromatic rings. The fourth-order valence-electron chi connectivity index (χ4n) is 2.29. The van der Waals surface area contributed by atoms with Gasteiger partial charge in [-0.05, 0) is 38.1 Å². The first-order valence-electron chi connectivity index (χ1n) is 7.77. The number of hydrogen-bond donors (Lipinski definition) is 1. The molecule has 1 unspecified atom stereocenters. The van der Waals surface area contributed by atoms with Crippen molar-refractivity contribution < 1.29 is 0 Å². The Labute approximate surface area is 118 Å². The number of rotatable bonds is 10. The number of hydrogen-bond acceptors (Lipinski definition) is 3. The van der Waals surface area contributed by atoms with E-state index in [1.165, 1.54) is 25.7 Å². The highest BCUT2D eigenvalue weighted by atomic mass is 15.3. The maximum absolute atomic E-state index is 4.39.